The number of esters is 1. The van der Waals surface area contributed by atoms with Gasteiger partial charge in [0.05, 0.1) is 13.0 Å². The van der Waals surface area contributed by atoms with Crippen LogP contribution in [-0.2, 0) is 14.3 Å². The summed E-state index contributed by atoms with van der Waals surface area (Å²) in [6, 6.07) is 5.41. The molecular formula is C13H16N2O3. The van der Waals surface area contributed by atoms with Gasteiger partial charge in [-0.3, -0.25) is 9.59 Å². The van der Waals surface area contributed by atoms with Crippen LogP contribution in [0.2, 0.25) is 0 Å². The fourth-order valence-electron chi connectivity index (χ4n) is 2.18. The predicted octanol–water partition coefficient (Wildman–Crippen LogP) is 1.10. The summed E-state index contributed by atoms with van der Waals surface area (Å²) in [4.78, 5) is 25.0. The van der Waals surface area contributed by atoms with Crippen molar-refractivity contribution in [3.8, 4) is 0 Å². The van der Waals surface area contributed by atoms with Gasteiger partial charge in [-0.1, -0.05) is 6.07 Å². The Labute approximate surface area is 106 Å². The Morgan fingerprint density at radius 3 is 2.89 bits per heavy atom. The van der Waals surface area contributed by atoms with Crippen molar-refractivity contribution in [2.24, 2.45) is 5.92 Å². The minimum atomic E-state index is -0.386. The molecule has 0 aromatic heterocycles. The molecule has 5 nitrogen and oxygen atoms in total. The fourth-order valence-corrected chi connectivity index (χ4v) is 2.18. The molecule has 18 heavy (non-hydrogen) atoms. The van der Waals surface area contributed by atoms with Crippen molar-refractivity contribution in [1.29, 1.82) is 0 Å². The number of rotatable bonds is 2. The van der Waals surface area contributed by atoms with Gasteiger partial charge in [0.15, 0.2) is 0 Å². The average Bonchev–Trinajstić information content (AvgIpc) is 2.73. The number of nitrogen functional groups attached to an aromatic ring is 1. The van der Waals surface area contributed by atoms with E-state index in [9.17, 15) is 9.59 Å². The molecule has 0 unspecified atom stereocenters. The molecule has 1 aliphatic heterocycles. The molecular weight excluding hydrogens is 232 g/mol. The Bertz CT molecular complexity index is 499. The number of ether oxygens (including phenoxy) is 1. The van der Waals surface area contributed by atoms with Gasteiger partial charge in [0, 0.05) is 24.3 Å². The number of nitrogens with zero attached hydrogens (tertiary/aromatic N) is 1. The first-order valence-corrected chi connectivity index (χ1v) is 5.77. The molecule has 1 aliphatic rings. The minimum Gasteiger partial charge on any atom is -0.469 e. The van der Waals surface area contributed by atoms with Gasteiger partial charge in [0.1, 0.15) is 0 Å². The Morgan fingerprint density at radius 2 is 2.22 bits per heavy atom. The maximum Gasteiger partial charge on any atom is 0.311 e. The Balaban J connectivity index is 2.27. The van der Waals surface area contributed by atoms with Crippen LogP contribution in [-0.4, -0.2) is 25.5 Å². The van der Waals surface area contributed by atoms with E-state index in [1.54, 1.807) is 17.0 Å². The lowest BCUT2D eigenvalue weighted by Gasteiger charge is -2.19. The third kappa shape index (κ3) is 2.16. The highest BCUT2D eigenvalue weighted by Gasteiger charge is 2.36. The molecule has 1 atom stereocenters. The second-order valence-electron chi connectivity index (χ2n) is 4.47. The van der Waals surface area contributed by atoms with E-state index < -0.39 is 0 Å². The van der Waals surface area contributed by atoms with Crippen LogP contribution in [0.1, 0.15) is 12.0 Å². The van der Waals surface area contributed by atoms with Crippen LogP contribution >= 0.6 is 0 Å². The quantitative estimate of drug-likeness (QED) is 0.628. The van der Waals surface area contributed by atoms with Crippen LogP contribution in [0.4, 0.5) is 11.4 Å². The van der Waals surface area contributed by atoms with Crippen molar-refractivity contribution >= 4 is 23.3 Å². The zero-order chi connectivity index (χ0) is 13.3. The highest BCUT2D eigenvalue weighted by Crippen LogP contribution is 2.29. The Kier molecular flexibility index (Phi) is 3.23. The van der Waals surface area contributed by atoms with Crippen molar-refractivity contribution in [3.05, 3.63) is 23.8 Å². The Hall–Kier alpha value is -2.04. The van der Waals surface area contributed by atoms with Gasteiger partial charge in [0.25, 0.3) is 0 Å². The maximum absolute atomic E-state index is 11.9. The second-order valence-corrected chi connectivity index (χ2v) is 4.47. The third-order valence-electron chi connectivity index (χ3n) is 3.18. The first-order valence-electron chi connectivity index (χ1n) is 5.77. The summed E-state index contributed by atoms with van der Waals surface area (Å²) in [6.07, 6.45) is 0.195. The summed E-state index contributed by atoms with van der Waals surface area (Å²) < 4.78 is 4.68. The van der Waals surface area contributed by atoms with E-state index >= 15 is 0 Å². The number of amides is 1. The van der Waals surface area contributed by atoms with Gasteiger partial charge in [-0.25, -0.2) is 0 Å². The van der Waals surface area contributed by atoms with Crippen LogP contribution in [0, 0.1) is 12.8 Å². The standard InChI is InChI=1S/C13H16N2O3/c1-8-3-4-10(14)6-11(8)15-7-9(5-12(15)16)13(17)18-2/h3-4,6,9H,5,7,14H2,1-2H3/t9-/m1/s1. The smallest absolute Gasteiger partial charge is 0.311 e. The van der Waals surface area contributed by atoms with Gasteiger partial charge >= 0.3 is 5.97 Å². The number of methoxy groups -OCH3 is 1. The van der Waals surface area contributed by atoms with Gasteiger partial charge < -0.3 is 15.4 Å². The number of benzene rings is 1. The van der Waals surface area contributed by atoms with Crippen LogP contribution in [0.15, 0.2) is 18.2 Å². The maximum atomic E-state index is 11.9. The molecule has 0 aliphatic carbocycles. The van der Waals surface area contributed by atoms with Crippen LogP contribution in [0.3, 0.4) is 0 Å². The monoisotopic (exact) mass is 248 g/mol. The number of anilines is 2. The number of nitrogens with two attached hydrogens (primary N) is 1. The summed E-state index contributed by atoms with van der Waals surface area (Å²) in [5.41, 5.74) is 8.06. The molecule has 2 N–H and O–H groups in total. The largest absolute Gasteiger partial charge is 0.469 e. The lowest BCUT2D eigenvalue weighted by atomic mass is 10.1. The molecule has 5 heteroatoms. The van der Waals surface area contributed by atoms with E-state index in [2.05, 4.69) is 4.74 Å². The molecule has 96 valence electrons. The fraction of sp³-hybridized carbons (Fsp3) is 0.385. The van der Waals surface area contributed by atoms with Crippen LogP contribution in [0.5, 0.6) is 0 Å². The van der Waals surface area contributed by atoms with Crippen molar-refractivity contribution in [3.63, 3.8) is 0 Å². The first kappa shape index (κ1) is 12.4. The zero-order valence-electron chi connectivity index (χ0n) is 10.5. The number of aryl methyl sites for hydroxylation is 1. The molecule has 0 radical (unpaired) electrons. The molecule has 1 aromatic carbocycles. The summed E-state index contributed by atoms with van der Waals surface area (Å²) in [5, 5.41) is 0. The molecule has 1 amide bonds. The average molecular weight is 248 g/mol. The zero-order valence-corrected chi connectivity index (χ0v) is 10.5. The number of hydrogen-bond donors (Lipinski definition) is 1. The van der Waals surface area contributed by atoms with Crippen molar-refractivity contribution < 1.29 is 14.3 Å². The van der Waals surface area contributed by atoms with E-state index in [4.69, 9.17) is 5.73 Å². The van der Waals surface area contributed by atoms with Gasteiger partial charge in [-0.15, -0.1) is 0 Å². The lowest BCUT2D eigenvalue weighted by Crippen LogP contribution is -2.26. The number of carbonyl (C=O) groups excluding carboxylic acids is 2. The first-order chi connectivity index (χ1) is 8.52. The van der Waals surface area contributed by atoms with Gasteiger partial charge in [-0.2, -0.15) is 0 Å². The van der Waals surface area contributed by atoms with E-state index in [-0.39, 0.29) is 24.2 Å². The SMILES string of the molecule is COC(=O)[C@@H]1CC(=O)N(c2cc(N)ccc2C)C1. The van der Waals surface area contributed by atoms with E-state index in [1.807, 2.05) is 13.0 Å². The predicted molar refractivity (Wildman–Crippen MR) is 68.1 cm³/mol. The van der Waals surface area contributed by atoms with Crippen molar-refractivity contribution in [1.82, 2.24) is 0 Å². The van der Waals surface area contributed by atoms with Gasteiger partial charge in [0.2, 0.25) is 5.91 Å². The van der Waals surface area contributed by atoms with Crippen molar-refractivity contribution in [2.45, 2.75) is 13.3 Å². The molecule has 1 fully saturated rings. The van der Waals surface area contributed by atoms with Crippen LogP contribution in [0.25, 0.3) is 0 Å². The molecule has 1 aromatic rings. The van der Waals surface area contributed by atoms with Gasteiger partial charge in [-0.05, 0) is 24.6 Å². The normalized spacial score (nSPS) is 19.1. The third-order valence-corrected chi connectivity index (χ3v) is 3.18. The topological polar surface area (TPSA) is 72.6 Å². The molecule has 1 saturated heterocycles. The van der Waals surface area contributed by atoms with E-state index in [1.165, 1.54) is 7.11 Å². The molecule has 0 spiro atoms. The summed E-state index contributed by atoms with van der Waals surface area (Å²) in [6.45, 7) is 2.27. The summed E-state index contributed by atoms with van der Waals surface area (Å²) in [5.74, 6) is -0.796. The Morgan fingerprint density at radius 1 is 1.50 bits per heavy atom. The molecule has 1 heterocycles. The van der Waals surface area contributed by atoms with E-state index in [0.29, 0.717) is 12.2 Å². The van der Waals surface area contributed by atoms with E-state index in [0.717, 1.165) is 11.3 Å². The highest BCUT2D eigenvalue weighted by molar-refractivity contribution is 6.00. The number of carbonyl (C=O) groups is 2. The second kappa shape index (κ2) is 4.68. The van der Waals surface area contributed by atoms with Crippen molar-refractivity contribution in [2.75, 3.05) is 24.3 Å². The number of hydrogen-bond acceptors (Lipinski definition) is 4. The molecule has 2 rings (SSSR count). The highest BCUT2D eigenvalue weighted by atomic mass is 16.5. The minimum absolute atomic E-state index is 0.0703. The molecule has 0 saturated carbocycles. The molecule has 0 bridgehead atoms. The lowest BCUT2D eigenvalue weighted by molar-refractivity contribution is -0.145. The summed E-state index contributed by atoms with van der Waals surface area (Å²) in [7, 11) is 1.33. The summed E-state index contributed by atoms with van der Waals surface area (Å²) >= 11 is 0. The van der Waals surface area contributed by atoms with Crippen LogP contribution < -0.4 is 10.6 Å².